The number of rotatable bonds is 7. The molecule has 2 amide bonds. The highest BCUT2D eigenvalue weighted by atomic mass is 32.2. The Morgan fingerprint density at radius 1 is 1.21 bits per heavy atom. The monoisotopic (exact) mass is 426 g/mol. The molecule has 0 aliphatic carbocycles. The minimum Gasteiger partial charge on any atom is -0.353 e. The van der Waals surface area contributed by atoms with Gasteiger partial charge in [-0.05, 0) is 19.4 Å². The average Bonchev–Trinajstić information content (AvgIpc) is 2.66. The Balaban J connectivity index is 2.06. The molecule has 10 nitrogen and oxygen atoms in total. The van der Waals surface area contributed by atoms with Crippen molar-refractivity contribution in [3.63, 3.8) is 0 Å². The van der Waals surface area contributed by atoms with Crippen LogP contribution in [0.1, 0.15) is 30.6 Å². The van der Waals surface area contributed by atoms with Gasteiger partial charge in [-0.2, -0.15) is 0 Å². The molecular formula is C18H26N4O6S. The smallest absolute Gasteiger partial charge is 0.271 e. The van der Waals surface area contributed by atoms with Gasteiger partial charge >= 0.3 is 0 Å². The standard InChI is InChI=1S/C18H26N4O6S/c1-4-13(2)19-17(23)12-20-5-7-21(8-6-20)18(24)14-9-15(22(25)26)11-16(10-14)29(3,27)28/h9-11,13H,4-8,12H2,1-3H3,(H,19,23). The van der Waals surface area contributed by atoms with E-state index in [4.69, 9.17) is 0 Å². The molecule has 1 aromatic rings. The van der Waals surface area contributed by atoms with Gasteiger partial charge in [-0.1, -0.05) is 6.92 Å². The summed E-state index contributed by atoms with van der Waals surface area (Å²) in [5.74, 6) is -0.544. The van der Waals surface area contributed by atoms with Crippen molar-refractivity contribution in [3.8, 4) is 0 Å². The topological polar surface area (TPSA) is 130 Å². The zero-order valence-corrected chi connectivity index (χ0v) is 17.6. The van der Waals surface area contributed by atoms with Crippen LogP contribution in [0.4, 0.5) is 5.69 Å². The molecule has 1 fully saturated rings. The number of carbonyl (C=O) groups excluding carboxylic acids is 2. The summed E-state index contributed by atoms with van der Waals surface area (Å²) in [6.07, 6.45) is 1.77. The highest BCUT2D eigenvalue weighted by Gasteiger charge is 2.26. The van der Waals surface area contributed by atoms with Crippen LogP contribution >= 0.6 is 0 Å². The van der Waals surface area contributed by atoms with E-state index in [1.54, 1.807) is 0 Å². The number of hydrogen-bond donors (Lipinski definition) is 1. The van der Waals surface area contributed by atoms with E-state index in [1.165, 1.54) is 4.90 Å². The lowest BCUT2D eigenvalue weighted by Gasteiger charge is -2.34. The largest absolute Gasteiger partial charge is 0.353 e. The van der Waals surface area contributed by atoms with Gasteiger partial charge < -0.3 is 10.2 Å². The maximum Gasteiger partial charge on any atom is 0.271 e. The maximum atomic E-state index is 12.8. The molecule has 1 aromatic carbocycles. The first-order valence-corrected chi connectivity index (χ1v) is 11.2. The molecule has 0 saturated carbocycles. The minimum atomic E-state index is -3.71. The zero-order valence-electron chi connectivity index (χ0n) is 16.8. The molecule has 160 valence electrons. The van der Waals surface area contributed by atoms with Crippen molar-refractivity contribution in [1.29, 1.82) is 0 Å². The summed E-state index contributed by atoms with van der Waals surface area (Å²) < 4.78 is 23.6. The predicted octanol–water partition coefficient (Wildman–Crippen LogP) is 0.671. The number of carbonyl (C=O) groups is 2. The lowest BCUT2D eigenvalue weighted by atomic mass is 10.1. The van der Waals surface area contributed by atoms with E-state index in [2.05, 4.69) is 5.32 Å². The molecule has 1 aliphatic heterocycles. The molecule has 1 N–H and O–H groups in total. The number of piperazine rings is 1. The Labute approximate surface area is 169 Å². The molecule has 1 saturated heterocycles. The number of benzene rings is 1. The number of nitrogens with one attached hydrogen (secondary N) is 1. The van der Waals surface area contributed by atoms with E-state index >= 15 is 0 Å². The van der Waals surface area contributed by atoms with Gasteiger partial charge in [0.05, 0.1) is 16.4 Å². The van der Waals surface area contributed by atoms with E-state index < -0.39 is 26.4 Å². The SMILES string of the molecule is CCC(C)NC(=O)CN1CCN(C(=O)c2cc([N+](=O)[O-])cc(S(C)(=O)=O)c2)CC1. The number of hydrogen-bond acceptors (Lipinski definition) is 7. The van der Waals surface area contributed by atoms with E-state index in [0.717, 1.165) is 30.9 Å². The first kappa shape index (κ1) is 22.8. The highest BCUT2D eigenvalue weighted by molar-refractivity contribution is 7.90. The van der Waals surface area contributed by atoms with Crippen LogP contribution in [0, 0.1) is 10.1 Å². The van der Waals surface area contributed by atoms with Gasteiger partial charge in [0.25, 0.3) is 11.6 Å². The summed E-state index contributed by atoms with van der Waals surface area (Å²) in [6, 6.07) is 3.29. The number of nitrogens with zero attached hydrogens (tertiary/aromatic N) is 3. The molecule has 1 heterocycles. The predicted molar refractivity (Wildman–Crippen MR) is 106 cm³/mol. The Bertz CT molecular complexity index is 894. The third-order valence-corrected chi connectivity index (χ3v) is 5.92. The summed E-state index contributed by atoms with van der Waals surface area (Å²) in [7, 11) is -3.71. The van der Waals surface area contributed by atoms with E-state index in [-0.39, 0.29) is 29.0 Å². The lowest BCUT2D eigenvalue weighted by Crippen LogP contribution is -2.51. The van der Waals surface area contributed by atoms with Gasteiger partial charge in [-0.15, -0.1) is 0 Å². The normalized spacial score (nSPS) is 16.3. The Morgan fingerprint density at radius 2 is 1.83 bits per heavy atom. The first-order chi connectivity index (χ1) is 13.5. The van der Waals surface area contributed by atoms with Crippen LogP contribution in [0.3, 0.4) is 0 Å². The van der Waals surface area contributed by atoms with Crippen LogP contribution in [0.25, 0.3) is 0 Å². The van der Waals surface area contributed by atoms with Gasteiger partial charge in [0.2, 0.25) is 5.91 Å². The molecule has 0 bridgehead atoms. The Kier molecular flexibility index (Phi) is 7.31. The van der Waals surface area contributed by atoms with Gasteiger partial charge in [0, 0.05) is 56.2 Å². The van der Waals surface area contributed by atoms with Gasteiger partial charge in [0.15, 0.2) is 9.84 Å². The van der Waals surface area contributed by atoms with Crippen LogP contribution in [0.2, 0.25) is 0 Å². The molecule has 2 rings (SSSR count). The summed E-state index contributed by atoms with van der Waals surface area (Å²) in [6.45, 7) is 5.79. The second-order valence-electron chi connectivity index (χ2n) is 7.19. The Morgan fingerprint density at radius 3 is 2.34 bits per heavy atom. The van der Waals surface area contributed by atoms with Crippen molar-refractivity contribution in [2.45, 2.75) is 31.2 Å². The molecule has 11 heteroatoms. The molecule has 0 radical (unpaired) electrons. The Hall–Kier alpha value is -2.53. The van der Waals surface area contributed by atoms with Gasteiger partial charge in [-0.3, -0.25) is 24.6 Å². The van der Waals surface area contributed by atoms with Crippen LogP contribution in [-0.4, -0.2) is 80.0 Å². The van der Waals surface area contributed by atoms with Crippen molar-refractivity contribution in [2.75, 3.05) is 39.0 Å². The molecule has 1 atom stereocenters. The fraction of sp³-hybridized carbons (Fsp3) is 0.556. The fourth-order valence-corrected chi connectivity index (χ4v) is 3.62. The number of nitro groups is 1. The molecular weight excluding hydrogens is 400 g/mol. The maximum absolute atomic E-state index is 12.8. The second-order valence-corrected chi connectivity index (χ2v) is 9.21. The van der Waals surface area contributed by atoms with Crippen molar-refractivity contribution < 1.29 is 22.9 Å². The molecule has 0 spiro atoms. The van der Waals surface area contributed by atoms with E-state index in [0.29, 0.717) is 26.2 Å². The number of sulfone groups is 1. The second kappa shape index (κ2) is 9.31. The third kappa shape index (κ3) is 6.23. The van der Waals surface area contributed by atoms with E-state index in [9.17, 15) is 28.1 Å². The summed E-state index contributed by atoms with van der Waals surface area (Å²) >= 11 is 0. The minimum absolute atomic E-state index is 0.0393. The first-order valence-electron chi connectivity index (χ1n) is 9.31. The van der Waals surface area contributed by atoms with Crippen LogP contribution in [-0.2, 0) is 14.6 Å². The zero-order chi connectivity index (χ0) is 21.8. The van der Waals surface area contributed by atoms with Crippen molar-refractivity contribution in [3.05, 3.63) is 33.9 Å². The van der Waals surface area contributed by atoms with Crippen LogP contribution < -0.4 is 5.32 Å². The molecule has 1 unspecified atom stereocenters. The van der Waals surface area contributed by atoms with Gasteiger partial charge in [0.1, 0.15) is 0 Å². The fourth-order valence-electron chi connectivity index (χ4n) is 2.94. The third-order valence-electron chi connectivity index (χ3n) is 4.82. The molecule has 0 aromatic heterocycles. The molecule has 29 heavy (non-hydrogen) atoms. The molecule has 1 aliphatic rings. The van der Waals surface area contributed by atoms with E-state index in [1.807, 2.05) is 18.7 Å². The summed E-state index contributed by atoms with van der Waals surface area (Å²) in [4.78, 5) is 38.3. The van der Waals surface area contributed by atoms with Crippen molar-refractivity contribution >= 4 is 27.3 Å². The number of non-ortho nitro benzene ring substituents is 1. The van der Waals surface area contributed by atoms with Crippen molar-refractivity contribution in [1.82, 2.24) is 15.1 Å². The van der Waals surface area contributed by atoms with Crippen LogP contribution in [0.15, 0.2) is 23.1 Å². The number of nitro benzene ring substituents is 1. The van der Waals surface area contributed by atoms with Gasteiger partial charge in [-0.25, -0.2) is 8.42 Å². The lowest BCUT2D eigenvalue weighted by molar-refractivity contribution is -0.385. The number of amides is 2. The van der Waals surface area contributed by atoms with Crippen molar-refractivity contribution in [2.24, 2.45) is 0 Å². The average molecular weight is 426 g/mol. The summed E-state index contributed by atoms with van der Waals surface area (Å²) in [5, 5.41) is 14.0. The quantitative estimate of drug-likeness (QED) is 0.501. The van der Waals surface area contributed by atoms with Crippen LogP contribution in [0.5, 0.6) is 0 Å². The highest BCUT2D eigenvalue weighted by Crippen LogP contribution is 2.22. The summed E-state index contributed by atoms with van der Waals surface area (Å²) in [5.41, 5.74) is -0.487.